The predicted molar refractivity (Wildman–Crippen MR) is 89.3 cm³/mol. The van der Waals surface area contributed by atoms with E-state index in [-0.39, 0.29) is 15.1 Å². The molecule has 0 spiro atoms. The fourth-order valence-electron chi connectivity index (χ4n) is 1.17. The number of rotatable bonds is 6. The van der Waals surface area contributed by atoms with Crippen molar-refractivity contribution in [3.05, 3.63) is 25.1 Å². The molecule has 0 heterocycles. The zero-order chi connectivity index (χ0) is 13.7. The minimum absolute atomic E-state index is 0.202. The van der Waals surface area contributed by atoms with Crippen molar-refractivity contribution in [2.45, 2.75) is 31.1 Å². The molecule has 0 amide bonds. The molecule has 1 aromatic rings. The maximum absolute atomic E-state index is 6.12. The van der Waals surface area contributed by atoms with Crippen molar-refractivity contribution < 1.29 is 0 Å². The summed E-state index contributed by atoms with van der Waals surface area (Å²) in [5, 5.41) is 1.44. The van der Waals surface area contributed by atoms with E-state index in [1.807, 2.05) is 0 Å². The Balaban J connectivity index is 2.77. The zero-order valence-corrected chi connectivity index (χ0v) is 14.9. The molecule has 0 saturated carbocycles. The predicted octanol–water partition coefficient (Wildman–Crippen LogP) is 7.88. The van der Waals surface area contributed by atoms with E-state index in [1.54, 1.807) is 10.8 Å². The van der Waals surface area contributed by atoms with Crippen LogP contribution in [0.1, 0.15) is 26.2 Å². The Labute approximate surface area is 140 Å². The molecule has 18 heavy (non-hydrogen) atoms. The molecule has 7 heteroatoms. The van der Waals surface area contributed by atoms with Crippen LogP contribution in [0.25, 0.3) is 0 Å². The van der Waals surface area contributed by atoms with E-state index in [0.29, 0.717) is 14.9 Å². The van der Waals surface area contributed by atoms with Gasteiger partial charge >= 0.3 is 0 Å². The van der Waals surface area contributed by atoms with Crippen molar-refractivity contribution in [1.82, 2.24) is 0 Å². The van der Waals surface area contributed by atoms with Crippen LogP contribution >= 0.6 is 79.6 Å². The Morgan fingerprint density at radius 1 is 0.778 bits per heavy atom. The van der Waals surface area contributed by atoms with E-state index >= 15 is 0 Å². The summed E-state index contributed by atoms with van der Waals surface area (Å²) >= 11 is 30.1. The standard InChI is InChI=1S/C11H11Cl5S2/c1-2-3-4-5-17-18-11-9(15)7(13)6(12)8(14)10(11)16/h2-5H2,1H3. The van der Waals surface area contributed by atoms with Gasteiger partial charge in [0.25, 0.3) is 0 Å². The van der Waals surface area contributed by atoms with E-state index in [0.717, 1.165) is 5.75 Å². The van der Waals surface area contributed by atoms with Gasteiger partial charge in [-0.05, 0) is 6.42 Å². The quantitative estimate of drug-likeness (QED) is 0.212. The first-order chi connectivity index (χ1) is 8.50. The SMILES string of the molecule is CCCCCSSc1c(Cl)c(Cl)c(Cl)c(Cl)c1Cl. The van der Waals surface area contributed by atoms with Crippen LogP contribution in [0, 0.1) is 0 Å². The van der Waals surface area contributed by atoms with Crippen LogP contribution in [-0.4, -0.2) is 5.75 Å². The minimum Gasteiger partial charge on any atom is -0.0888 e. The van der Waals surface area contributed by atoms with Crippen molar-refractivity contribution in [3.63, 3.8) is 0 Å². The number of hydrogen-bond acceptors (Lipinski definition) is 2. The van der Waals surface area contributed by atoms with E-state index in [1.165, 1.54) is 30.1 Å². The lowest BCUT2D eigenvalue weighted by Gasteiger charge is -2.11. The first-order valence-electron chi connectivity index (χ1n) is 5.31. The van der Waals surface area contributed by atoms with Gasteiger partial charge in [-0.25, -0.2) is 0 Å². The average molecular weight is 385 g/mol. The summed E-state index contributed by atoms with van der Waals surface area (Å²) in [5.74, 6) is 1.03. The summed E-state index contributed by atoms with van der Waals surface area (Å²) in [4.78, 5) is 0.680. The van der Waals surface area contributed by atoms with Crippen molar-refractivity contribution >= 4 is 79.6 Å². The first kappa shape index (κ1) is 17.4. The van der Waals surface area contributed by atoms with Crippen LogP contribution in [0.4, 0.5) is 0 Å². The Morgan fingerprint density at radius 2 is 1.28 bits per heavy atom. The smallest absolute Gasteiger partial charge is 0.0809 e. The third-order valence-corrected chi connectivity index (χ3v) is 7.15. The summed E-state index contributed by atoms with van der Waals surface area (Å²) in [7, 11) is 3.17. The van der Waals surface area contributed by atoms with Crippen LogP contribution < -0.4 is 0 Å². The maximum atomic E-state index is 6.12. The molecule has 0 aliphatic rings. The van der Waals surface area contributed by atoms with E-state index in [2.05, 4.69) is 6.92 Å². The van der Waals surface area contributed by atoms with Gasteiger partial charge in [0.1, 0.15) is 0 Å². The van der Waals surface area contributed by atoms with Gasteiger partial charge in [-0.2, -0.15) is 0 Å². The molecule has 0 atom stereocenters. The molecule has 1 rings (SSSR count). The Morgan fingerprint density at radius 3 is 1.78 bits per heavy atom. The zero-order valence-electron chi connectivity index (χ0n) is 9.53. The fourth-order valence-corrected chi connectivity index (χ4v) is 5.26. The molecule has 0 N–H and O–H groups in total. The van der Waals surface area contributed by atoms with Gasteiger partial charge < -0.3 is 0 Å². The number of halogens is 5. The van der Waals surface area contributed by atoms with Crippen molar-refractivity contribution in [2.24, 2.45) is 0 Å². The van der Waals surface area contributed by atoms with Crippen LogP contribution in [0.15, 0.2) is 4.90 Å². The molecule has 0 bridgehead atoms. The van der Waals surface area contributed by atoms with Crippen molar-refractivity contribution in [2.75, 3.05) is 5.75 Å². The maximum Gasteiger partial charge on any atom is 0.0809 e. The van der Waals surface area contributed by atoms with Crippen molar-refractivity contribution in [1.29, 1.82) is 0 Å². The Hall–Kier alpha value is 1.37. The lowest BCUT2D eigenvalue weighted by Crippen LogP contribution is -1.83. The topological polar surface area (TPSA) is 0 Å². The van der Waals surface area contributed by atoms with Gasteiger partial charge in [-0.3, -0.25) is 0 Å². The average Bonchev–Trinajstić information content (AvgIpc) is 2.37. The van der Waals surface area contributed by atoms with Gasteiger partial charge in [0.15, 0.2) is 0 Å². The third kappa shape index (κ3) is 4.44. The van der Waals surface area contributed by atoms with Crippen LogP contribution in [0.2, 0.25) is 25.1 Å². The second-order valence-electron chi connectivity index (χ2n) is 3.51. The van der Waals surface area contributed by atoms with Gasteiger partial charge in [0, 0.05) is 5.75 Å². The highest BCUT2D eigenvalue weighted by molar-refractivity contribution is 8.76. The summed E-state index contributed by atoms with van der Waals surface area (Å²) in [6, 6.07) is 0. The Bertz CT molecular complexity index is 393. The molecule has 0 aliphatic carbocycles. The van der Waals surface area contributed by atoms with Crippen LogP contribution in [0.5, 0.6) is 0 Å². The van der Waals surface area contributed by atoms with Gasteiger partial charge in [-0.15, -0.1) is 0 Å². The molecular formula is C11H11Cl5S2. The summed E-state index contributed by atoms with van der Waals surface area (Å²) in [5.41, 5.74) is 0. The fraction of sp³-hybridized carbons (Fsp3) is 0.455. The van der Waals surface area contributed by atoms with E-state index in [9.17, 15) is 0 Å². The number of benzene rings is 1. The number of unbranched alkanes of at least 4 members (excludes halogenated alkanes) is 2. The molecule has 0 saturated heterocycles. The molecule has 102 valence electrons. The molecule has 0 nitrogen and oxygen atoms in total. The van der Waals surface area contributed by atoms with Crippen molar-refractivity contribution in [3.8, 4) is 0 Å². The molecular weight excluding hydrogens is 374 g/mol. The first-order valence-corrected chi connectivity index (χ1v) is 9.52. The van der Waals surface area contributed by atoms with Crippen LogP contribution in [-0.2, 0) is 0 Å². The largest absolute Gasteiger partial charge is 0.0888 e. The number of hydrogen-bond donors (Lipinski definition) is 0. The van der Waals surface area contributed by atoms with Gasteiger partial charge in [0.05, 0.1) is 30.0 Å². The minimum atomic E-state index is 0.202. The third-order valence-electron chi connectivity index (χ3n) is 2.14. The van der Waals surface area contributed by atoms with Gasteiger partial charge in [-0.1, -0.05) is 99.4 Å². The highest BCUT2D eigenvalue weighted by Crippen LogP contribution is 2.50. The van der Waals surface area contributed by atoms with Crippen LogP contribution in [0.3, 0.4) is 0 Å². The monoisotopic (exact) mass is 382 g/mol. The normalized spacial score (nSPS) is 11.0. The lowest BCUT2D eigenvalue weighted by molar-refractivity contribution is 0.780. The molecule has 0 aromatic heterocycles. The van der Waals surface area contributed by atoms with E-state index in [4.69, 9.17) is 58.0 Å². The second-order valence-corrected chi connectivity index (χ2v) is 7.83. The highest BCUT2D eigenvalue weighted by Gasteiger charge is 2.19. The molecule has 0 radical (unpaired) electrons. The van der Waals surface area contributed by atoms with E-state index < -0.39 is 0 Å². The summed E-state index contributed by atoms with van der Waals surface area (Å²) < 4.78 is 0. The molecule has 1 aromatic carbocycles. The van der Waals surface area contributed by atoms with Gasteiger partial charge in [0.2, 0.25) is 0 Å². The molecule has 0 aliphatic heterocycles. The molecule has 0 fully saturated rings. The Kier molecular flexibility index (Phi) is 8.33. The molecule has 0 unspecified atom stereocenters. The second kappa shape index (κ2) is 8.61. The lowest BCUT2D eigenvalue weighted by atomic mass is 10.3. The summed E-state index contributed by atoms with van der Waals surface area (Å²) in [6.45, 7) is 2.17. The summed E-state index contributed by atoms with van der Waals surface area (Å²) in [6.07, 6.45) is 3.58. The highest BCUT2D eigenvalue weighted by atomic mass is 35.5.